The van der Waals surface area contributed by atoms with Crippen molar-refractivity contribution in [2.75, 3.05) is 21.3 Å². The first kappa shape index (κ1) is 18.2. The molecule has 0 bridgehead atoms. The maximum atomic E-state index is 9.25. The van der Waals surface area contributed by atoms with Crippen LogP contribution < -0.4 is 14.2 Å². The molecule has 124 valence electrons. The number of phenols is 2. The first-order valence-corrected chi connectivity index (χ1v) is 6.93. The summed E-state index contributed by atoms with van der Waals surface area (Å²) in [5, 5.41) is 18.3. The van der Waals surface area contributed by atoms with Crippen LogP contribution in [-0.2, 0) is 6.42 Å². The van der Waals surface area contributed by atoms with Gasteiger partial charge >= 0.3 is 0 Å². The first-order chi connectivity index (χ1) is 11.0. The molecular weight excluding hydrogens is 296 g/mol. The summed E-state index contributed by atoms with van der Waals surface area (Å²) in [6.07, 6.45) is 2.60. The summed E-state index contributed by atoms with van der Waals surface area (Å²) in [7, 11) is 4.61. The standard InChI is InChI=1S/C10H12O2.C8H10O3/c1-3-4-8-5-6-9(11)10(7-8)12-2;1-10-7-4-3-6(9)5-8(7)11-2/h3,5-7,11H,1,4H2,2H3;3-5,9H,1-2H3. The lowest BCUT2D eigenvalue weighted by Gasteiger charge is -2.06. The normalized spacial score (nSPS) is 9.35. The molecule has 2 N–H and O–H groups in total. The first-order valence-electron chi connectivity index (χ1n) is 6.93. The summed E-state index contributed by atoms with van der Waals surface area (Å²) in [5.74, 6) is 2.00. The second kappa shape index (κ2) is 9.25. The van der Waals surface area contributed by atoms with E-state index in [1.807, 2.05) is 12.1 Å². The number of benzene rings is 2. The summed E-state index contributed by atoms with van der Waals surface area (Å²) in [6, 6.07) is 9.96. The largest absolute Gasteiger partial charge is 0.508 e. The Balaban J connectivity index is 0.000000231. The minimum atomic E-state index is 0.169. The van der Waals surface area contributed by atoms with Gasteiger partial charge in [-0.1, -0.05) is 12.1 Å². The predicted octanol–water partition coefficient (Wildman–Crippen LogP) is 3.54. The van der Waals surface area contributed by atoms with Crippen molar-refractivity contribution in [3.05, 3.63) is 54.6 Å². The van der Waals surface area contributed by atoms with Gasteiger partial charge in [0.05, 0.1) is 21.3 Å². The Morgan fingerprint density at radius 2 is 1.52 bits per heavy atom. The molecule has 2 aromatic carbocycles. The molecule has 0 aliphatic heterocycles. The molecular formula is C18H22O5. The van der Waals surface area contributed by atoms with Crippen LogP contribution in [0.2, 0.25) is 0 Å². The second-order valence-electron chi connectivity index (χ2n) is 4.54. The van der Waals surface area contributed by atoms with Gasteiger partial charge in [0.2, 0.25) is 0 Å². The monoisotopic (exact) mass is 318 g/mol. The highest BCUT2D eigenvalue weighted by atomic mass is 16.5. The Labute approximate surface area is 136 Å². The highest BCUT2D eigenvalue weighted by molar-refractivity contribution is 5.44. The topological polar surface area (TPSA) is 68.2 Å². The molecule has 0 saturated carbocycles. The van der Waals surface area contributed by atoms with E-state index in [2.05, 4.69) is 6.58 Å². The van der Waals surface area contributed by atoms with Crippen molar-refractivity contribution in [3.63, 3.8) is 0 Å². The molecule has 5 nitrogen and oxygen atoms in total. The zero-order chi connectivity index (χ0) is 17.2. The molecule has 0 fully saturated rings. The fourth-order valence-electron chi connectivity index (χ4n) is 1.84. The van der Waals surface area contributed by atoms with Crippen LogP contribution in [0.1, 0.15) is 5.56 Å². The summed E-state index contributed by atoms with van der Waals surface area (Å²) >= 11 is 0. The minimum Gasteiger partial charge on any atom is -0.508 e. The average Bonchev–Trinajstić information content (AvgIpc) is 2.57. The predicted molar refractivity (Wildman–Crippen MR) is 89.8 cm³/mol. The van der Waals surface area contributed by atoms with E-state index in [0.29, 0.717) is 17.2 Å². The van der Waals surface area contributed by atoms with Crippen LogP contribution in [0.4, 0.5) is 0 Å². The quantitative estimate of drug-likeness (QED) is 0.825. The van der Waals surface area contributed by atoms with Gasteiger partial charge in [-0.3, -0.25) is 0 Å². The number of ether oxygens (including phenoxy) is 3. The Bertz CT molecular complexity index is 637. The fraction of sp³-hybridized carbons (Fsp3) is 0.222. The van der Waals surface area contributed by atoms with Gasteiger partial charge in [-0.25, -0.2) is 0 Å². The van der Waals surface area contributed by atoms with Crippen LogP contribution in [-0.4, -0.2) is 31.5 Å². The second-order valence-corrected chi connectivity index (χ2v) is 4.54. The van der Waals surface area contributed by atoms with Crippen molar-refractivity contribution < 1.29 is 24.4 Å². The van der Waals surface area contributed by atoms with E-state index in [-0.39, 0.29) is 11.5 Å². The molecule has 0 atom stereocenters. The Morgan fingerprint density at radius 1 is 0.870 bits per heavy atom. The van der Waals surface area contributed by atoms with Crippen LogP contribution >= 0.6 is 0 Å². The molecule has 5 heteroatoms. The van der Waals surface area contributed by atoms with Crippen LogP contribution in [0, 0.1) is 0 Å². The van der Waals surface area contributed by atoms with Gasteiger partial charge in [0.15, 0.2) is 23.0 Å². The number of aromatic hydroxyl groups is 2. The molecule has 0 aliphatic carbocycles. The summed E-state index contributed by atoms with van der Waals surface area (Å²) in [4.78, 5) is 0. The Hall–Kier alpha value is -2.82. The van der Waals surface area contributed by atoms with Crippen LogP contribution in [0.15, 0.2) is 49.1 Å². The van der Waals surface area contributed by atoms with Crippen LogP contribution in [0.5, 0.6) is 28.7 Å². The van der Waals surface area contributed by atoms with Crippen LogP contribution in [0.25, 0.3) is 0 Å². The van der Waals surface area contributed by atoms with Crippen molar-refractivity contribution >= 4 is 0 Å². The number of allylic oxidation sites excluding steroid dienone is 1. The van der Waals surface area contributed by atoms with Gasteiger partial charge in [0, 0.05) is 6.07 Å². The maximum absolute atomic E-state index is 9.25. The number of methoxy groups -OCH3 is 3. The third kappa shape index (κ3) is 5.47. The molecule has 2 aromatic rings. The summed E-state index contributed by atoms with van der Waals surface area (Å²) in [5.41, 5.74) is 1.08. The van der Waals surface area contributed by atoms with E-state index >= 15 is 0 Å². The molecule has 0 saturated heterocycles. The van der Waals surface area contributed by atoms with Crippen molar-refractivity contribution in [3.8, 4) is 28.7 Å². The molecule has 0 amide bonds. The van der Waals surface area contributed by atoms with E-state index < -0.39 is 0 Å². The number of phenolic OH excluding ortho intramolecular Hbond substituents is 2. The molecule has 2 rings (SSSR count). The van der Waals surface area contributed by atoms with Crippen LogP contribution in [0.3, 0.4) is 0 Å². The third-order valence-electron chi connectivity index (χ3n) is 2.99. The van der Waals surface area contributed by atoms with Crippen molar-refractivity contribution in [2.45, 2.75) is 6.42 Å². The lowest BCUT2D eigenvalue weighted by Crippen LogP contribution is -1.88. The lowest BCUT2D eigenvalue weighted by molar-refractivity contribution is 0.351. The van der Waals surface area contributed by atoms with Gasteiger partial charge in [-0.05, 0) is 36.2 Å². The molecule has 0 spiro atoms. The van der Waals surface area contributed by atoms with Crippen molar-refractivity contribution in [2.24, 2.45) is 0 Å². The van der Waals surface area contributed by atoms with E-state index in [0.717, 1.165) is 12.0 Å². The van der Waals surface area contributed by atoms with Gasteiger partial charge in [0.25, 0.3) is 0 Å². The zero-order valence-electron chi connectivity index (χ0n) is 13.6. The van der Waals surface area contributed by atoms with Gasteiger partial charge in [-0.2, -0.15) is 0 Å². The highest BCUT2D eigenvalue weighted by Gasteiger charge is 2.02. The molecule has 0 aliphatic rings. The van der Waals surface area contributed by atoms with Crippen molar-refractivity contribution in [1.82, 2.24) is 0 Å². The van der Waals surface area contributed by atoms with Gasteiger partial charge in [-0.15, -0.1) is 6.58 Å². The lowest BCUT2D eigenvalue weighted by atomic mass is 10.1. The summed E-state index contributed by atoms with van der Waals surface area (Å²) in [6.45, 7) is 3.63. The highest BCUT2D eigenvalue weighted by Crippen LogP contribution is 2.29. The Morgan fingerprint density at radius 3 is 2.09 bits per heavy atom. The van der Waals surface area contributed by atoms with E-state index in [9.17, 15) is 5.11 Å². The van der Waals surface area contributed by atoms with Gasteiger partial charge < -0.3 is 24.4 Å². The minimum absolute atomic E-state index is 0.169. The van der Waals surface area contributed by atoms with E-state index in [1.54, 1.807) is 31.4 Å². The smallest absolute Gasteiger partial charge is 0.164 e. The number of hydrogen-bond acceptors (Lipinski definition) is 5. The fourth-order valence-corrected chi connectivity index (χ4v) is 1.84. The molecule has 0 unspecified atom stereocenters. The van der Waals surface area contributed by atoms with E-state index in [4.69, 9.17) is 19.3 Å². The number of hydrogen-bond donors (Lipinski definition) is 2. The molecule has 0 heterocycles. The Kier molecular flexibility index (Phi) is 7.33. The number of rotatable bonds is 5. The SMILES string of the molecule is C=CCc1ccc(O)c(OC)c1.COc1ccc(O)cc1OC. The maximum Gasteiger partial charge on any atom is 0.164 e. The van der Waals surface area contributed by atoms with Crippen molar-refractivity contribution in [1.29, 1.82) is 0 Å². The molecule has 0 aromatic heterocycles. The molecule has 23 heavy (non-hydrogen) atoms. The zero-order valence-corrected chi connectivity index (χ0v) is 13.6. The summed E-state index contributed by atoms with van der Waals surface area (Å²) < 4.78 is 14.8. The average molecular weight is 318 g/mol. The molecule has 0 radical (unpaired) electrons. The van der Waals surface area contributed by atoms with Gasteiger partial charge in [0.1, 0.15) is 5.75 Å². The van der Waals surface area contributed by atoms with E-state index in [1.165, 1.54) is 20.3 Å². The third-order valence-corrected chi connectivity index (χ3v) is 2.99.